The van der Waals surface area contributed by atoms with E-state index in [1.54, 1.807) is 13.8 Å². The Morgan fingerprint density at radius 2 is 2.18 bits per heavy atom. The zero-order valence-corrected chi connectivity index (χ0v) is 10.3. The van der Waals surface area contributed by atoms with Crippen LogP contribution in [-0.2, 0) is 4.74 Å². The van der Waals surface area contributed by atoms with Gasteiger partial charge in [-0.1, -0.05) is 6.92 Å². The van der Waals surface area contributed by atoms with Crippen molar-refractivity contribution in [3.8, 4) is 0 Å². The summed E-state index contributed by atoms with van der Waals surface area (Å²) in [4.78, 5) is 25.0. The molecule has 0 bridgehead atoms. The fourth-order valence-electron chi connectivity index (χ4n) is 1.47. The maximum atomic E-state index is 11.6. The lowest BCUT2D eigenvalue weighted by atomic mass is 10.3. The van der Waals surface area contributed by atoms with Crippen molar-refractivity contribution in [2.24, 2.45) is 0 Å². The van der Waals surface area contributed by atoms with E-state index in [-0.39, 0.29) is 12.7 Å². The highest BCUT2D eigenvalue weighted by atomic mass is 16.5. The quantitative estimate of drug-likeness (QED) is 0.769. The number of ether oxygens (including phenoxy) is 1. The molecule has 6 nitrogen and oxygen atoms in total. The van der Waals surface area contributed by atoms with Gasteiger partial charge < -0.3 is 9.84 Å². The van der Waals surface area contributed by atoms with Crippen LogP contribution in [0.4, 0.5) is 0 Å². The van der Waals surface area contributed by atoms with Crippen LogP contribution in [0.5, 0.6) is 0 Å². The van der Waals surface area contributed by atoms with Crippen molar-refractivity contribution in [1.82, 2.24) is 9.55 Å². The summed E-state index contributed by atoms with van der Waals surface area (Å²) < 4.78 is 6.80. The van der Waals surface area contributed by atoms with E-state index in [0.29, 0.717) is 12.0 Å². The number of aromatic nitrogens is 2. The molecule has 1 heterocycles. The lowest BCUT2D eigenvalue weighted by molar-refractivity contribution is -0.0683. The summed E-state index contributed by atoms with van der Waals surface area (Å²) in [6.07, 6.45) is 1.26. The van der Waals surface area contributed by atoms with E-state index >= 15 is 0 Å². The first-order chi connectivity index (χ1) is 7.99. The van der Waals surface area contributed by atoms with Crippen molar-refractivity contribution in [1.29, 1.82) is 0 Å². The molecule has 1 rings (SSSR count). The smallest absolute Gasteiger partial charge is 0.330 e. The Bertz CT molecular complexity index is 473. The number of nitrogens with one attached hydrogen (secondary N) is 1. The molecule has 1 unspecified atom stereocenters. The summed E-state index contributed by atoms with van der Waals surface area (Å²) in [7, 11) is 0. The molecule has 1 aromatic rings. The van der Waals surface area contributed by atoms with Gasteiger partial charge in [-0.05, 0) is 20.3 Å². The Morgan fingerprint density at radius 3 is 2.71 bits per heavy atom. The third kappa shape index (κ3) is 3.28. The SMILES string of the molecule is CCC(CO)O[C@H](C)n1cc(C)c(=O)[nH]c1=O. The van der Waals surface area contributed by atoms with E-state index in [1.165, 1.54) is 10.8 Å². The van der Waals surface area contributed by atoms with Crippen LogP contribution in [0.25, 0.3) is 0 Å². The van der Waals surface area contributed by atoms with Crippen LogP contribution in [-0.4, -0.2) is 27.4 Å². The highest BCUT2D eigenvalue weighted by Gasteiger charge is 2.13. The van der Waals surface area contributed by atoms with Crippen LogP contribution in [0.15, 0.2) is 15.8 Å². The monoisotopic (exact) mass is 242 g/mol. The molecule has 96 valence electrons. The summed E-state index contributed by atoms with van der Waals surface area (Å²) >= 11 is 0. The average molecular weight is 242 g/mol. The number of hydrogen-bond donors (Lipinski definition) is 2. The van der Waals surface area contributed by atoms with Gasteiger partial charge in [0.25, 0.3) is 5.56 Å². The lowest BCUT2D eigenvalue weighted by Crippen LogP contribution is -2.35. The Kier molecular flexibility index (Phi) is 4.65. The fourth-order valence-corrected chi connectivity index (χ4v) is 1.47. The minimum Gasteiger partial charge on any atom is -0.394 e. The zero-order valence-electron chi connectivity index (χ0n) is 10.3. The van der Waals surface area contributed by atoms with E-state index in [1.807, 2.05) is 6.92 Å². The maximum absolute atomic E-state index is 11.6. The number of aliphatic hydroxyl groups is 1. The molecule has 0 fully saturated rings. The second-order valence-electron chi connectivity index (χ2n) is 3.93. The predicted octanol–water partition coefficient (Wildman–Crippen LogP) is 0.151. The number of hydrogen-bond acceptors (Lipinski definition) is 4. The van der Waals surface area contributed by atoms with Gasteiger partial charge in [-0.2, -0.15) is 0 Å². The summed E-state index contributed by atoms with van der Waals surface area (Å²) in [6, 6.07) is 0. The summed E-state index contributed by atoms with van der Waals surface area (Å²) in [5, 5.41) is 9.02. The van der Waals surface area contributed by atoms with E-state index in [9.17, 15) is 9.59 Å². The third-order valence-corrected chi connectivity index (χ3v) is 2.59. The first-order valence-corrected chi connectivity index (χ1v) is 5.58. The molecule has 0 aliphatic carbocycles. The topological polar surface area (TPSA) is 84.3 Å². The Morgan fingerprint density at radius 1 is 1.53 bits per heavy atom. The van der Waals surface area contributed by atoms with Gasteiger partial charge in [-0.25, -0.2) is 4.79 Å². The molecule has 17 heavy (non-hydrogen) atoms. The van der Waals surface area contributed by atoms with Gasteiger partial charge in [0, 0.05) is 11.8 Å². The number of nitrogens with zero attached hydrogens (tertiary/aromatic N) is 1. The van der Waals surface area contributed by atoms with Crippen LogP contribution in [0, 0.1) is 6.92 Å². The lowest BCUT2D eigenvalue weighted by Gasteiger charge is -2.21. The number of H-pyrrole nitrogens is 1. The number of aromatic amines is 1. The predicted molar refractivity (Wildman–Crippen MR) is 63.0 cm³/mol. The van der Waals surface area contributed by atoms with Gasteiger partial charge in [0.15, 0.2) is 0 Å². The van der Waals surface area contributed by atoms with E-state index in [2.05, 4.69) is 4.98 Å². The van der Waals surface area contributed by atoms with Crippen LogP contribution in [0.2, 0.25) is 0 Å². The maximum Gasteiger partial charge on any atom is 0.330 e. The highest BCUT2D eigenvalue weighted by Crippen LogP contribution is 2.09. The van der Waals surface area contributed by atoms with E-state index in [4.69, 9.17) is 9.84 Å². The van der Waals surface area contributed by atoms with E-state index < -0.39 is 17.5 Å². The summed E-state index contributed by atoms with van der Waals surface area (Å²) in [6.45, 7) is 5.09. The molecule has 0 saturated carbocycles. The normalized spacial score (nSPS) is 14.6. The molecule has 0 aliphatic rings. The number of aliphatic hydroxyl groups excluding tert-OH is 1. The minimum atomic E-state index is -0.532. The Hall–Kier alpha value is -1.40. The molecule has 0 saturated heterocycles. The molecule has 2 N–H and O–H groups in total. The van der Waals surface area contributed by atoms with Crippen molar-refractivity contribution in [3.63, 3.8) is 0 Å². The standard InChI is InChI=1S/C11H18N2O4/c1-4-9(6-14)17-8(3)13-5-7(2)10(15)12-11(13)16/h5,8-9,14H,4,6H2,1-3H3,(H,12,15,16)/t8-,9?/m1/s1. The van der Waals surface area contributed by atoms with Crippen molar-refractivity contribution < 1.29 is 9.84 Å². The molecule has 2 atom stereocenters. The molecule has 0 aliphatic heterocycles. The van der Waals surface area contributed by atoms with Crippen molar-refractivity contribution in [2.75, 3.05) is 6.61 Å². The number of rotatable bonds is 5. The second kappa shape index (κ2) is 5.79. The van der Waals surface area contributed by atoms with Gasteiger partial charge >= 0.3 is 5.69 Å². The van der Waals surface area contributed by atoms with Crippen LogP contribution < -0.4 is 11.2 Å². The van der Waals surface area contributed by atoms with Gasteiger partial charge in [0.05, 0.1) is 12.7 Å². The first kappa shape index (κ1) is 13.7. The van der Waals surface area contributed by atoms with Crippen LogP contribution in [0.1, 0.15) is 32.1 Å². The van der Waals surface area contributed by atoms with Crippen LogP contribution in [0.3, 0.4) is 0 Å². The van der Waals surface area contributed by atoms with Gasteiger partial charge in [-0.3, -0.25) is 14.3 Å². The Labute approximate surface area is 98.9 Å². The van der Waals surface area contributed by atoms with Gasteiger partial charge in [0.2, 0.25) is 0 Å². The largest absolute Gasteiger partial charge is 0.394 e. The summed E-state index contributed by atoms with van der Waals surface area (Å²) in [5.41, 5.74) is -0.467. The van der Waals surface area contributed by atoms with E-state index in [0.717, 1.165) is 0 Å². The van der Waals surface area contributed by atoms with Gasteiger partial charge in [0.1, 0.15) is 6.23 Å². The van der Waals surface area contributed by atoms with Gasteiger partial charge in [-0.15, -0.1) is 0 Å². The molecular formula is C11H18N2O4. The molecule has 0 radical (unpaired) electrons. The third-order valence-electron chi connectivity index (χ3n) is 2.59. The molecule has 0 spiro atoms. The molecule has 0 aromatic carbocycles. The highest BCUT2D eigenvalue weighted by molar-refractivity contribution is 5.01. The van der Waals surface area contributed by atoms with Crippen LogP contribution >= 0.6 is 0 Å². The number of aryl methyl sites for hydroxylation is 1. The molecule has 1 aromatic heterocycles. The van der Waals surface area contributed by atoms with Crippen molar-refractivity contribution in [2.45, 2.75) is 39.5 Å². The zero-order chi connectivity index (χ0) is 13.0. The molecule has 0 amide bonds. The fraction of sp³-hybridized carbons (Fsp3) is 0.636. The summed E-state index contributed by atoms with van der Waals surface area (Å²) in [5.74, 6) is 0. The first-order valence-electron chi connectivity index (χ1n) is 5.58. The van der Waals surface area contributed by atoms with Crippen molar-refractivity contribution >= 4 is 0 Å². The molecule has 6 heteroatoms. The average Bonchev–Trinajstić information content (AvgIpc) is 2.30. The Balaban J connectivity index is 2.96. The minimum absolute atomic E-state index is 0.0993. The molecular weight excluding hydrogens is 224 g/mol. The second-order valence-corrected chi connectivity index (χ2v) is 3.93. The van der Waals surface area contributed by atoms with Crippen molar-refractivity contribution in [3.05, 3.63) is 32.6 Å².